The first-order valence-electron chi connectivity index (χ1n) is 13.3. The first-order chi connectivity index (χ1) is 22.6. The topological polar surface area (TPSA) is 199 Å². The fraction of sp³-hybridized carbons (Fsp3) is 0.214. The van der Waals surface area contributed by atoms with Gasteiger partial charge < -0.3 is 10.1 Å². The number of aromatic amines is 1. The summed E-state index contributed by atoms with van der Waals surface area (Å²) in [7, 11) is -8.62. The van der Waals surface area contributed by atoms with Crippen LogP contribution in [0.4, 0.5) is 26.3 Å². The minimum Gasteiger partial charge on any atom is -0.475 e. The third kappa shape index (κ3) is 8.66. The number of carboxylic acid groups (broad SMARTS) is 1. The monoisotopic (exact) mass is 751 g/mol. The molecule has 1 fully saturated rings. The van der Waals surface area contributed by atoms with E-state index in [0.29, 0.717) is 22.7 Å². The number of hydrogen-bond donors (Lipinski definition) is 4. The van der Waals surface area contributed by atoms with E-state index in [2.05, 4.69) is 14.7 Å². The largest absolute Gasteiger partial charge is 0.490 e. The summed E-state index contributed by atoms with van der Waals surface area (Å²) in [6, 6.07) is 14.0. The SMILES string of the molecule is N#Cc1cc(C[C@H](NS(=O)(=O)c2ccc(Cl)c(C(F)(F)F)c2)c2nc3ccccc3[nH]2)ccc1C1CC(=O)NS1(=O)=O.O=C(O)C(F)(F)F. The third-order valence-electron chi connectivity index (χ3n) is 6.86. The molecule has 49 heavy (non-hydrogen) atoms. The van der Waals surface area contributed by atoms with Gasteiger partial charge in [0.25, 0.3) is 0 Å². The van der Waals surface area contributed by atoms with Crippen LogP contribution in [0.3, 0.4) is 0 Å². The minimum atomic E-state index is -5.08. The summed E-state index contributed by atoms with van der Waals surface area (Å²) in [6.45, 7) is 0. The van der Waals surface area contributed by atoms with Crippen LogP contribution in [0.2, 0.25) is 5.02 Å². The number of hydrogen-bond acceptors (Lipinski definition) is 8. The Morgan fingerprint density at radius 1 is 1.10 bits per heavy atom. The molecule has 1 unspecified atom stereocenters. The Hall–Kier alpha value is -4.71. The number of nitrogens with zero attached hydrogens (tertiary/aromatic N) is 2. The number of nitrogens with one attached hydrogen (secondary N) is 3. The molecule has 4 N–H and O–H groups in total. The molecule has 1 aliphatic rings. The summed E-state index contributed by atoms with van der Waals surface area (Å²) in [4.78, 5) is 27.4. The van der Waals surface area contributed by atoms with Crippen molar-refractivity contribution >= 4 is 54.6 Å². The number of H-pyrrole nitrogens is 1. The average Bonchev–Trinajstić information content (AvgIpc) is 3.55. The first kappa shape index (κ1) is 37.1. The summed E-state index contributed by atoms with van der Waals surface area (Å²) in [5, 5.41) is 14.9. The first-order valence-corrected chi connectivity index (χ1v) is 16.7. The number of imidazole rings is 1. The molecule has 21 heteroatoms. The van der Waals surface area contributed by atoms with Gasteiger partial charge in [0.15, 0.2) is 0 Å². The Morgan fingerprint density at radius 2 is 1.76 bits per heavy atom. The van der Waals surface area contributed by atoms with Crippen molar-refractivity contribution in [1.82, 2.24) is 19.4 Å². The lowest BCUT2D eigenvalue weighted by atomic mass is 9.97. The van der Waals surface area contributed by atoms with Crippen molar-refractivity contribution < 1.29 is 57.9 Å². The summed E-state index contributed by atoms with van der Waals surface area (Å²) in [5.41, 5.74) is 0.178. The van der Waals surface area contributed by atoms with Gasteiger partial charge >= 0.3 is 18.3 Å². The van der Waals surface area contributed by atoms with E-state index in [1.165, 1.54) is 18.2 Å². The van der Waals surface area contributed by atoms with Crippen molar-refractivity contribution in [2.45, 2.75) is 41.4 Å². The van der Waals surface area contributed by atoms with E-state index in [4.69, 9.17) is 21.5 Å². The molecule has 0 spiro atoms. The van der Waals surface area contributed by atoms with Crippen molar-refractivity contribution in [3.63, 3.8) is 0 Å². The molecule has 1 aromatic heterocycles. The fourth-order valence-electron chi connectivity index (χ4n) is 4.65. The van der Waals surface area contributed by atoms with E-state index < -0.39 is 71.0 Å². The number of para-hydroxylation sites is 2. The highest BCUT2D eigenvalue weighted by Gasteiger charge is 2.40. The van der Waals surface area contributed by atoms with Crippen LogP contribution in [0.1, 0.15) is 45.8 Å². The lowest BCUT2D eigenvalue weighted by Gasteiger charge is -2.19. The summed E-state index contributed by atoms with van der Waals surface area (Å²) < 4.78 is 128. The second-order valence-electron chi connectivity index (χ2n) is 10.3. The number of carbonyl (C=O) groups excluding carboxylic acids is 1. The van der Waals surface area contributed by atoms with Crippen molar-refractivity contribution in [1.29, 1.82) is 5.26 Å². The molecular weight excluding hydrogens is 732 g/mol. The lowest BCUT2D eigenvalue weighted by molar-refractivity contribution is -0.192. The van der Waals surface area contributed by atoms with Crippen LogP contribution in [-0.4, -0.2) is 50.0 Å². The number of rotatable bonds is 7. The molecule has 0 saturated carbocycles. The zero-order valence-corrected chi connectivity index (χ0v) is 26.5. The van der Waals surface area contributed by atoms with Gasteiger partial charge in [-0.05, 0) is 53.9 Å². The van der Waals surface area contributed by atoms with Crippen LogP contribution in [0.15, 0.2) is 65.6 Å². The number of nitriles is 1. The van der Waals surface area contributed by atoms with Gasteiger partial charge in [-0.1, -0.05) is 35.9 Å². The standard InChI is InChI=1S/C26H19ClF3N5O5S2.C2HF3O2/c27-19-8-6-16(11-18(19)26(28,29)30)41(37,38)34-22(25-32-20-3-1-2-4-21(20)33-25)10-14-5-7-17(15(9-14)13-31)23-12-24(36)35-42(23,39)40;3-2(4,5)1(6)7/h1-9,11,22-23,34H,10,12H2,(H,32,33)(H,35,36);(H,6,7)/t22-,23?;/m0./s1. The van der Waals surface area contributed by atoms with Crippen LogP contribution < -0.4 is 9.44 Å². The van der Waals surface area contributed by atoms with E-state index in [-0.39, 0.29) is 29.8 Å². The van der Waals surface area contributed by atoms with Crippen LogP contribution in [0.5, 0.6) is 0 Å². The van der Waals surface area contributed by atoms with Gasteiger partial charge in [0.05, 0.1) is 50.6 Å². The third-order valence-corrected chi connectivity index (χ3v) is 10.3. The molecule has 260 valence electrons. The van der Waals surface area contributed by atoms with Crippen molar-refractivity contribution in [3.8, 4) is 6.07 Å². The molecular formula is C28H20ClF6N5O7S2. The second-order valence-corrected chi connectivity index (χ2v) is 14.2. The molecule has 12 nitrogen and oxygen atoms in total. The van der Waals surface area contributed by atoms with Crippen molar-refractivity contribution in [3.05, 3.63) is 93.8 Å². The summed E-state index contributed by atoms with van der Waals surface area (Å²) >= 11 is 5.66. The lowest BCUT2D eigenvalue weighted by Crippen LogP contribution is -2.31. The number of aliphatic carboxylic acids is 1. The molecule has 2 heterocycles. The normalized spacial score (nSPS) is 16.7. The highest BCUT2D eigenvalue weighted by Crippen LogP contribution is 2.37. The number of benzene rings is 3. The Balaban J connectivity index is 0.000000698. The fourth-order valence-corrected chi connectivity index (χ4v) is 7.55. The maximum atomic E-state index is 13.4. The number of amides is 1. The van der Waals surface area contributed by atoms with E-state index in [9.17, 15) is 53.2 Å². The molecule has 3 aromatic carbocycles. The predicted molar refractivity (Wildman–Crippen MR) is 159 cm³/mol. The average molecular weight is 752 g/mol. The maximum absolute atomic E-state index is 13.4. The smallest absolute Gasteiger partial charge is 0.475 e. The summed E-state index contributed by atoms with van der Waals surface area (Å²) in [5.74, 6) is -3.32. The van der Waals surface area contributed by atoms with Crippen molar-refractivity contribution in [2.75, 3.05) is 0 Å². The molecule has 0 bridgehead atoms. The van der Waals surface area contributed by atoms with Gasteiger partial charge in [0, 0.05) is 0 Å². The Bertz CT molecular complexity index is 2170. The molecule has 1 saturated heterocycles. The predicted octanol–water partition coefficient (Wildman–Crippen LogP) is 4.89. The van der Waals surface area contributed by atoms with Gasteiger partial charge in [-0.3, -0.25) is 9.52 Å². The molecule has 0 radical (unpaired) electrons. The molecule has 1 amide bonds. The molecule has 1 aliphatic heterocycles. The Labute approximate surface area is 277 Å². The summed E-state index contributed by atoms with van der Waals surface area (Å²) in [6.07, 6.45) is -10.5. The zero-order valence-electron chi connectivity index (χ0n) is 24.1. The highest BCUT2D eigenvalue weighted by atomic mass is 35.5. The number of aromatic nitrogens is 2. The number of halogens is 7. The second kappa shape index (κ2) is 13.7. The number of alkyl halides is 6. The zero-order chi connectivity index (χ0) is 36.5. The molecule has 4 aromatic rings. The van der Waals surface area contributed by atoms with E-state index in [0.717, 1.165) is 12.1 Å². The quantitative estimate of drug-likeness (QED) is 0.190. The molecule has 2 atom stereocenters. The van der Waals surface area contributed by atoms with E-state index in [1.807, 2.05) is 10.8 Å². The van der Waals surface area contributed by atoms with Gasteiger partial charge in [-0.15, -0.1) is 0 Å². The Kier molecular flexibility index (Phi) is 10.3. The van der Waals surface area contributed by atoms with E-state index in [1.54, 1.807) is 24.3 Å². The van der Waals surface area contributed by atoms with Gasteiger partial charge in [0.2, 0.25) is 26.0 Å². The van der Waals surface area contributed by atoms with Crippen LogP contribution in [0.25, 0.3) is 11.0 Å². The Morgan fingerprint density at radius 3 is 2.31 bits per heavy atom. The van der Waals surface area contributed by atoms with Crippen molar-refractivity contribution in [2.24, 2.45) is 0 Å². The van der Waals surface area contributed by atoms with Gasteiger partial charge in [-0.2, -0.15) is 31.6 Å². The number of carbonyl (C=O) groups is 2. The van der Waals surface area contributed by atoms with E-state index >= 15 is 0 Å². The maximum Gasteiger partial charge on any atom is 0.490 e. The van der Waals surface area contributed by atoms with Gasteiger partial charge in [-0.25, -0.2) is 31.3 Å². The van der Waals surface area contributed by atoms with Crippen LogP contribution >= 0.6 is 11.6 Å². The van der Waals surface area contributed by atoms with Gasteiger partial charge in [0.1, 0.15) is 11.1 Å². The molecule has 5 rings (SSSR count). The van der Waals surface area contributed by atoms with Crippen LogP contribution in [-0.2, 0) is 42.2 Å². The van der Waals surface area contributed by atoms with Crippen LogP contribution in [0, 0.1) is 11.3 Å². The number of sulfonamides is 2. The number of fused-ring (bicyclic) bond motifs is 1. The highest BCUT2D eigenvalue weighted by molar-refractivity contribution is 7.90. The molecule has 0 aliphatic carbocycles. The minimum absolute atomic E-state index is 0.0451. The number of carboxylic acids is 1.